The molecule has 30 heavy (non-hydrogen) atoms. The van der Waals surface area contributed by atoms with E-state index in [4.69, 9.17) is 16.3 Å². The first-order chi connectivity index (χ1) is 14.3. The fourth-order valence-corrected chi connectivity index (χ4v) is 3.89. The third-order valence-electron chi connectivity index (χ3n) is 4.28. The molecule has 3 aromatic carbocycles. The lowest BCUT2D eigenvalue weighted by Gasteiger charge is -2.15. The van der Waals surface area contributed by atoms with Crippen molar-refractivity contribution in [1.29, 1.82) is 0 Å². The van der Waals surface area contributed by atoms with Gasteiger partial charge in [0, 0.05) is 10.7 Å². The molecule has 0 aliphatic heterocycles. The van der Waals surface area contributed by atoms with Gasteiger partial charge >= 0.3 is 0 Å². The maximum absolute atomic E-state index is 12.5. The normalized spacial score (nSPS) is 12.1. The predicted octanol–water partition coefficient (Wildman–Crippen LogP) is 4.40. The third-order valence-corrected chi connectivity index (χ3v) is 5.93. The highest BCUT2D eigenvalue weighted by atomic mass is 35.5. The zero-order valence-corrected chi connectivity index (χ0v) is 17.8. The maximum atomic E-state index is 12.5. The molecule has 1 amide bonds. The lowest BCUT2D eigenvalue weighted by atomic mass is 10.1. The minimum absolute atomic E-state index is 0.0759. The number of amides is 1. The Labute approximate surface area is 180 Å². The minimum Gasteiger partial charge on any atom is -0.484 e. The Hall–Kier alpha value is -3.03. The topological polar surface area (TPSA) is 84.5 Å². The van der Waals surface area contributed by atoms with Gasteiger partial charge in [-0.05, 0) is 61.0 Å². The minimum atomic E-state index is -3.75. The SMILES string of the molecule is C[C@@H](NC(=O)COc1ccc(S(=O)(=O)Nc2ccc(Cl)cc2)cc1)c1ccccc1. The summed E-state index contributed by atoms with van der Waals surface area (Å²) in [5.41, 5.74) is 1.40. The average molecular weight is 445 g/mol. The molecule has 156 valence electrons. The van der Waals surface area contributed by atoms with Crippen LogP contribution in [0.25, 0.3) is 0 Å². The van der Waals surface area contributed by atoms with Crippen LogP contribution in [0, 0.1) is 0 Å². The monoisotopic (exact) mass is 444 g/mol. The number of anilines is 1. The van der Waals surface area contributed by atoms with Gasteiger partial charge in [-0.25, -0.2) is 8.42 Å². The van der Waals surface area contributed by atoms with E-state index in [1.165, 1.54) is 24.3 Å². The van der Waals surface area contributed by atoms with Gasteiger partial charge in [-0.2, -0.15) is 0 Å². The number of hydrogen-bond acceptors (Lipinski definition) is 4. The second kappa shape index (κ2) is 9.65. The van der Waals surface area contributed by atoms with E-state index in [1.54, 1.807) is 24.3 Å². The van der Waals surface area contributed by atoms with E-state index in [2.05, 4.69) is 10.0 Å². The summed E-state index contributed by atoms with van der Waals surface area (Å²) in [6, 6.07) is 21.6. The Morgan fingerprint density at radius 1 is 0.967 bits per heavy atom. The van der Waals surface area contributed by atoms with Crippen molar-refractivity contribution in [1.82, 2.24) is 5.32 Å². The fourth-order valence-electron chi connectivity index (χ4n) is 2.70. The van der Waals surface area contributed by atoms with E-state index in [0.29, 0.717) is 16.5 Å². The molecule has 8 heteroatoms. The molecular weight excluding hydrogens is 424 g/mol. The van der Waals surface area contributed by atoms with Crippen molar-refractivity contribution in [2.24, 2.45) is 0 Å². The maximum Gasteiger partial charge on any atom is 0.261 e. The first-order valence-electron chi connectivity index (χ1n) is 9.19. The average Bonchev–Trinajstić information content (AvgIpc) is 2.74. The summed E-state index contributed by atoms with van der Waals surface area (Å²) in [7, 11) is -3.75. The number of carbonyl (C=O) groups is 1. The van der Waals surface area contributed by atoms with Crippen molar-refractivity contribution in [3.05, 3.63) is 89.4 Å². The molecule has 0 radical (unpaired) electrons. The molecule has 1 atom stereocenters. The molecule has 0 bridgehead atoms. The van der Waals surface area contributed by atoms with Gasteiger partial charge in [0.05, 0.1) is 10.9 Å². The molecule has 6 nitrogen and oxygen atoms in total. The summed E-state index contributed by atoms with van der Waals surface area (Å²) in [4.78, 5) is 12.2. The summed E-state index contributed by atoms with van der Waals surface area (Å²) in [5, 5.41) is 3.37. The number of rotatable bonds is 8. The number of ether oxygens (including phenoxy) is 1. The smallest absolute Gasteiger partial charge is 0.261 e. The van der Waals surface area contributed by atoms with Crippen molar-refractivity contribution < 1.29 is 17.9 Å². The van der Waals surface area contributed by atoms with Crippen LogP contribution in [0.3, 0.4) is 0 Å². The van der Waals surface area contributed by atoms with Crippen LogP contribution >= 0.6 is 11.6 Å². The largest absolute Gasteiger partial charge is 0.484 e. The molecule has 0 unspecified atom stereocenters. The molecular formula is C22H21ClN2O4S. The first-order valence-corrected chi connectivity index (χ1v) is 11.1. The van der Waals surface area contributed by atoms with Gasteiger partial charge in [-0.1, -0.05) is 41.9 Å². The molecule has 0 saturated carbocycles. The Bertz CT molecular complexity index is 1090. The molecule has 3 aromatic rings. The molecule has 0 fully saturated rings. The van der Waals surface area contributed by atoms with Crippen LogP contribution < -0.4 is 14.8 Å². The number of nitrogens with one attached hydrogen (secondary N) is 2. The van der Waals surface area contributed by atoms with Crippen LogP contribution in [0.4, 0.5) is 5.69 Å². The quantitative estimate of drug-likeness (QED) is 0.539. The molecule has 3 rings (SSSR count). The summed E-state index contributed by atoms with van der Waals surface area (Å²) in [5.74, 6) is 0.121. The molecule has 0 saturated heterocycles. The Balaban J connectivity index is 1.55. The van der Waals surface area contributed by atoms with Gasteiger partial charge in [0.2, 0.25) is 0 Å². The lowest BCUT2D eigenvalue weighted by Crippen LogP contribution is -2.31. The summed E-state index contributed by atoms with van der Waals surface area (Å²) in [6.45, 7) is 1.72. The van der Waals surface area contributed by atoms with Gasteiger partial charge in [0.1, 0.15) is 5.75 Å². The second-order valence-corrected chi connectivity index (χ2v) is 8.69. The van der Waals surface area contributed by atoms with Gasteiger partial charge in [-0.3, -0.25) is 9.52 Å². The second-order valence-electron chi connectivity index (χ2n) is 6.57. The van der Waals surface area contributed by atoms with Crippen LogP contribution in [0.1, 0.15) is 18.5 Å². The highest BCUT2D eigenvalue weighted by Crippen LogP contribution is 2.20. The van der Waals surface area contributed by atoms with Gasteiger partial charge in [0.25, 0.3) is 15.9 Å². The highest BCUT2D eigenvalue weighted by molar-refractivity contribution is 7.92. The lowest BCUT2D eigenvalue weighted by molar-refractivity contribution is -0.123. The molecule has 0 aliphatic carbocycles. The van der Waals surface area contributed by atoms with Crippen molar-refractivity contribution in [3.8, 4) is 5.75 Å². The number of hydrogen-bond donors (Lipinski definition) is 2. The molecule has 0 spiro atoms. The summed E-state index contributed by atoms with van der Waals surface area (Å²) < 4.78 is 32.9. The number of sulfonamides is 1. The van der Waals surface area contributed by atoms with E-state index in [9.17, 15) is 13.2 Å². The standard InChI is InChI=1S/C22H21ClN2O4S/c1-16(17-5-3-2-4-6-17)24-22(26)15-29-20-11-13-21(14-12-20)30(27,28)25-19-9-7-18(23)8-10-19/h2-14,16,25H,15H2,1H3,(H,24,26)/t16-/m1/s1. The Morgan fingerprint density at radius 2 is 1.60 bits per heavy atom. The first kappa shape index (κ1) is 21.7. The Kier molecular flexibility index (Phi) is 6.97. The van der Waals surface area contributed by atoms with Crippen LogP contribution in [0.2, 0.25) is 5.02 Å². The summed E-state index contributed by atoms with van der Waals surface area (Å²) in [6.07, 6.45) is 0. The molecule has 2 N–H and O–H groups in total. The van der Waals surface area contributed by atoms with Crippen LogP contribution in [-0.4, -0.2) is 20.9 Å². The van der Waals surface area contributed by atoms with E-state index in [0.717, 1.165) is 5.56 Å². The Morgan fingerprint density at radius 3 is 2.23 bits per heavy atom. The van der Waals surface area contributed by atoms with Crippen molar-refractivity contribution in [2.45, 2.75) is 17.9 Å². The summed E-state index contributed by atoms with van der Waals surface area (Å²) >= 11 is 5.81. The van der Waals surface area contributed by atoms with E-state index < -0.39 is 10.0 Å². The molecule has 0 aliphatic rings. The van der Waals surface area contributed by atoms with Gasteiger partial charge < -0.3 is 10.1 Å². The predicted molar refractivity (Wildman–Crippen MR) is 117 cm³/mol. The number of halogens is 1. The molecule has 0 aromatic heterocycles. The van der Waals surface area contributed by atoms with E-state index in [1.807, 2.05) is 37.3 Å². The van der Waals surface area contributed by atoms with Crippen molar-refractivity contribution >= 4 is 33.2 Å². The van der Waals surface area contributed by atoms with Crippen molar-refractivity contribution in [3.63, 3.8) is 0 Å². The third kappa shape index (κ3) is 5.98. The highest BCUT2D eigenvalue weighted by Gasteiger charge is 2.15. The van der Waals surface area contributed by atoms with Crippen molar-refractivity contribution in [2.75, 3.05) is 11.3 Å². The van der Waals surface area contributed by atoms with E-state index >= 15 is 0 Å². The number of carbonyl (C=O) groups excluding carboxylic acids is 1. The van der Waals surface area contributed by atoms with E-state index in [-0.39, 0.29) is 23.5 Å². The van der Waals surface area contributed by atoms with Crippen LogP contribution in [0.5, 0.6) is 5.75 Å². The zero-order chi connectivity index (χ0) is 21.6. The van der Waals surface area contributed by atoms with Crippen LogP contribution in [0.15, 0.2) is 83.8 Å². The fraction of sp³-hybridized carbons (Fsp3) is 0.136. The van der Waals surface area contributed by atoms with Crippen LogP contribution in [-0.2, 0) is 14.8 Å². The van der Waals surface area contributed by atoms with Gasteiger partial charge in [-0.15, -0.1) is 0 Å². The van der Waals surface area contributed by atoms with Gasteiger partial charge in [0.15, 0.2) is 6.61 Å². The molecule has 0 heterocycles. The number of benzene rings is 3. The zero-order valence-electron chi connectivity index (χ0n) is 16.2.